The number of carbonyl (C=O) groups excluding carboxylic acids is 1. The number of sulfonamides is 1. The molecule has 2 fully saturated rings. The van der Waals surface area contributed by atoms with Crippen molar-refractivity contribution in [2.45, 2.75) is 74.8 Å². The van der Waals surface area contributed by atoms with Crippen molar-refractivity contribution in [3.05, 3.63) is 42.5 Å². The van der Waals surface area contributed by atoms with Crippen LogP contribution in [0.4, 0.5) is 0 Å². The Morgan fingerprint density at radius 1 is 1.15 bits per heavy atom. The molecule has 27 heavy (non-hydrogen) atoms. The third kappa shape index (κ3) is 4.61. The summed E-state index contributed by atoms with van der Waals surface area (Å²) in [5.74, 6) is 0.362. The Morgan fingerprint density at radius 3 is 2.41 bits per heavy atom. The normalized spacial score (nSPS) is 25.1. The molecule has 6 heteroatoms. The minimum absolute atomic E-state index is 0.00868. The van der Waals surface area contributed by atoms with Crippen LogP contribution in [0.15, 0.2) is 41.8 Å². The predicted molar refractivity (Wildman–Crippen MR) is 107 cm³/mol. The van der Waals surface area contributed by atoms with E-state index in [1.807, 2.05) is 19.1 Å². The van der Waals surface area contributed by atoms with Gasteiger partial charge in [-0.3, -0.25) is 4.79 Å². The van der Waals surface area contributed by atoms with Crippen molar-refractivity contribution in [3.63, 3.8) is 0 Å². The third-order valence-electron chi connectivity index (χ3n) is 5.91. The van der Waals surface area contributed by atoms with Crippen LogP contribution in [0.5, 0.6) is 0 Å². The first-order valence-corrected chi connectivity index (χ1v) is 11.4. The van der Waals surface area contributed by atoms with E-state index in [-0.39, 0.29) is 18.0 Å². The van der Waals surface area contributed by atoms with Gasteiger partial charge in [-0.15, -0.1) is 0 Å². The van der Waals surface area contributed by atoms with E-state index in [2.05, 4.69) is 11.9 Å². The fraction of sp³-hybridized carbons (Fsp3) is 0.571. The molecule has 1 aliphatic heterocycles. The largest absolute Gasteiger partial charge is 0.350 e. The Hall–Kier alpha value is -1.66. The number of nitrogens with one attached hydrogen (secondary N) is 1. The molecule has 1 saturated carbocycles. The molecular formula is C21H30N2O3S. The summed E-state index contributed by atoms with van der Waals surface area (Å²) in [6, 6.07) is 7.34. The minimum atomic E-state index is -3.52. The van der Waals surface area contributed by atoms with Gasteiger partial charge in [-0.05, 0) is 62.3 Å². The molecule has 2 unspecified atom stereocenters. The van der Waals surface area contributed by atoms with E-state index in [0.717, 1.165) is 0 Å². The summed E-state index contributed by atoms with van der Waals surface area (Å²) in [7, 11) is -3.52. The number of amides is 1. The van der Waals surface area contributed by atoms with Crippen LogP contribution in [0.2, 0.25) is 0 Å². The van der Waals surface area contributed by atoms with E-state index in [1.54, 1.807) is 16.4 Å². The zero-order chi connectivity index (χ0) is 19.4. The second-order valence-electron chi connectivity index (χ2n) is 7.80. The fourth-order valence-electron chi connectivity index (χ4n) is 4.38. The number of hydrogen-bond donors (Lipinski definition) is 1. The van der Waals surface area contributed by atoms with Crippen LogP contribution in [0, 0.1) is 0 Å². The second kappa shape index (κ2) is 8.57. The van der Waals surface area contributed by atoms with Gasteiger partial charge in [0.25, 0.3) is 0 Å². The van der Waals surface area contributed by atoms with Crippen molar-refractivity contribution in [1.82, 2.24) is 9.62 Å². The lowest BCUT2D eigenvalue weighted by Crippen LogP contribution is -2.50. The highest BCUT2D eigenvalue weighted by Gasteiger charge is 2.34. The molecule has 0 aromatic heterocycles. The molecule has 0 radical (unpaired) electrons. The quantitative estimate of drug-likeness (QED) is 0.782. The zero-order valence-electron chi connectivity index (χ0n) is 16.1. The molecule has 5 nitrogen and oxygen atoms in total. The van der Waals surface area contributed by atoms with Gasteiger partial charge < -0.3 is 5.32 Å². The van der Waals surface area contributed by atoms with Crippen molar-refractivity contribution in [1.29, 1.82) is 0 Å². The van der Waals surface area contributed by atoms with E-state index < -0.39 is 10.0 Å². The van der Waals surface area contributed by atoms with Gasteiger partial charge in [0.05, 0.1) is 4.90 Å². The van der Waals surface area contributed by atoms with Crippen molar-refractivity contribution >= 4 is 15.9 Å². The summed E-state index contributed by atoms with van der Waals surface area (Å²) >= 11 is 0. The number of nitrogens with zero attached hydrogens (tertiary/aromatic N) is 1. The minimum Gasteiger partial charge on any atom is -0.350 e. The topological polar surface area (TPSA) is 66.5 Å². The van der Waals surface area contributed by atoms with Gasteiger partial charge >= 0.3 is 0 Å². The van der Waals surface area contributed by atoms with E-state index in [9.17, 15) is 13.2 Å². The van der Waals surface area contributed by atoms with Gasteiger partial charge in [-0.1, -0.05) is 38.0 Å². The Balaban J connectivity index is 1.68. The molecule has 3 rings (SSSR count). The molecule has 2 aliphatic rings. The summed E-state index contributed by atoms with van der Waals surface area (Å²) in [5.41, 5.74) is 1.26. The highest BCUT2D eigenvalue weighted by atomic mass is 32.2. The Bertz CT molecular complexity index is 767. The molecule has 1 aromatic rings. The average Bonchev–Trinajstić information content (AvgIpc) is 2.68. The van der Waals surface area contributed by atoms with Crippen LogP contribution < -0.4 is 5.32 Å². The van der Waals surface area contributed by atoms with Gasteiger partial charge in [0, 0.05) is 18.6 Å². The number of benzene rings is 1. The maximum atomic E-state index is 13.1. The standard InChI is InChI=1S/C21H30N2O3S/c1-3-21(24)22-19-13-14-23(16(2)15-19)27(25,26)20-11-9-18(10-12-20)17-7-5-4-6-8-17/h3,9-12,16-17,19H,1,4-8,13-15H2,2H3,(H,22,24). The van der Waals surface area contributed by atoms with Crippen LogP contribution >= 0.6 is 0 Å². The van der Waals surface area contributed by atoms with Crippen molar-refractivity contribution < 1.29 is 13.2 Å². The summed E-state index contributed by atoms with van der Waals surface area (Å²) in [6.07, 6.45) is 8.72. The molecular weight excluding hydrogens is 360 g/mol. The number of rotatable bonds is 5. The SMILES string of the molecule is C=CC(=O)NC1CCN(S(=O)(=O)c2ccc(C3CCCCC3)cc2)C(C)C1. The van der Waals surface area contributed by atoms with E-state index >= 15 is 0 Å². The molecule has 1 saturated heterocycles. The first-order valence-electron chi connectivity index (χ1n) is 9.96. The molecule has 1 N–H and O–H groups in total. The molecule has 0 spiro atoms. The molecule has 0 bridgehead atoms. The third-order valence-corrected chi connectivity index (χ3v) is 7.94. The van der Waals surface area contributed by atoms with Gasteiger partial charge in [-0.25, -0.2) is 8.42 Å². The highest BCUT2D eigenvalue weighted by Crippen LogP contribution is 2.33. The summed E-state index contributed by atoms with van der Waals surface area (Å²) in [4.78, 5) is 11.9. The van der Waals surface area contributed by atoms with E-state index in [4.69, 9.17) is 0 Å². The zero-order valence-corrected chi connectivity index (χ0v) is 16.9. The van der Waals surface area contributed by atoms with Crippen molar-refractivity contribution in [2.24, 2.45) is 0 Å². The van der Waals surface area contributed by atoms with Gasteiger partial charge in [0.15, 0.2) is 0 Å². The van der Waals surface area contributed by atoms with Crippen LogP contribution in [0.1, 0.15) is 63.4 Å². The molecule has 1 amide bonds. The van der Waals surface area contributed by atoms with Crippen LogP contribution in [-0.4, -0.2) is 37.3 Å². The van der Waals surface area contributed by atoms with Crippen LogP contribution in [-0.2, 0) is 14.8 Å². The Morgan fingerprint density at radius 2 is 1.81 bits per heavy atom. The number of hydrogen-bond acceptors (Lipinski definition) is 3. The lowest BCUT2D eigenvalue weighted by Gasteiger charge is -2.36. The number of piperidine rings is 1. The van der Waals surface area contributed by atoms with Crippen LogP contribution in [0.3, 0.4) is 0 Å². The average molecular weight is 391 g/mol. The van der Waals surface area contributed by atoms with Crippen molar-refractivity contribution in [2.75, 3.05) is 6.54 Å². The van der Waals surface area contributed by atoms with E-state index in [1.165, 1.54) is 43.7 Å². The predicted octanol–water partition coefficient (Wildman–Crippen LogP) is 3.58. The molecule has 1 aromatic carbocycles. The summed E-state index contributed by atoms with van der Waals surface area (Å²) in [6.45, 7) is 5.78. The molecule has 148 valence electrons. The number of carbonyl (C=O) groups is 1. The molecule has 1 aliphatic carbocycles. The first kappa shape index (κ1) is 20.1. The summed E-state index contributed by atoms with van der Waals surface area (Å²) < 4.78 is 27.8. The van der Waals surface area contributed by atoms with Gasteiger partial charge in [0.2, 0.25) is 15.9 Å². The fourth-order valence-corrected chi connectivity index (χ4v) is 6.04. The maximum Gasteiger partial charge on any atom is 0.243 e. The monoisotopic (exact) mass is 390 g/mol. The molecule has 1 heterocycles. The summed E-state index contributed by atoms with van der Waals surface area (Å²) in [5, 5.41) is 2.88. The van der Waals surface area contributed by atoms with E-state index in [0.29, 0.717) is 30.2 Å². The van der Waals surface area contributed by atoms with Gasteiger partial charge in [0.1, 0.15) is 0 Å². The Labute approximate surface area is 162 Å². The second-order valence-corrected chi connectivity index (χ2v) is 9.69. The lowest BCUT2D eigenvalue weighted by molar-refractivity contribution is -0.117. The smallest absolute Gasteiger partial charge is 0.243 e. The van der Waals surface area contributed by atoms with Gasteiger partial charge in [-0.2, -0.15) is 4.31 Å². The first-order chi connectivity index (χ1) is 12.9. The molecule has 2 atom stereocenters. The van der Waals surface area contributed by atoms with Crippen molar-refractivity contribution in [3.8, 4) is 0 Å². The lowest BCUT2D eigenvalue weighted by atomic mass is 9.84. The maximum absolute atomic E-state index is 13.1. The van der Waals surface area contributed by atoms with Crippen LogP contribution in [0.25, 0.3) is 0 Å². The Kier molecular flexibility index (Phi) is 6.37. The highest BCUT2D eigenvalue weighted by molar-refractivity contribution is 7.89.